The molecule has 3 N–H and O–H groups in total. The highest BCUT2D eigenvalue weighted by molar-refractivity contribution is 7.90. The van der Waals surface area contributed by atoms with Crippen molar-refractivity contribution >= 4 is 26.8 Å². The van der Waals surface area contributed by atoms with Crippen LogP contribution in [0.5, 0.6) is 11.5 Å². The molecule has 0 aliphatic heterocycles. The Morgan fingerprint density at radius 2 is 1.55 bits per heavy atom. The maximum Gasteiger partial charge on any atom is 0.268 e. The fourth-order valence-corrected chi connectivity index (χ4v) is 6.44. The van der Waals surface area contributed by atoms with Gasteiger partial charge in [0.05, 0.1) is 36.8 Å². The number of aromatic nitrogens is 1. The molecule has 5 rings (SSSR count). The molecule has 228 valence electrons. The minimum absolute atomic E-state index is 0.0955. The van der Waals surface area contributed by atoms with Gasteiger partial charge in [-0.15, -0.1) is 0 Å². The van der Waals surface area contributed by atoms with Crippen LogP contribution in [0.15, 0.2) is 114 Å². The first-order chi connectivity index (χ1) is 21.3. The smallest absolute Gasteiger partial charge is 0.268 e. The van der Waals surface area contributed by atoms with E-state index in [0.717, 1.165) is 16.9 Å². The molecule has 1 aromatic heterocycles. The fraction of sp³-hybridized carbons (Fsp3) is 0.206. The second-order valence-electron chi connectivity index (χ2n) is 10.3. The number of hydrogen-bond acceptors (Lipinski definition) is 7. The number of nitrogens with one attached hydrogen (secondary N) is 2. The van der Waals surface area contributed by atoms with Crippen LogP contribution in [-0.2, 0) is 23.0 Å². The molecule has 0 spiro atoms. The summed E-state index contributed by atoms with van der Waals surface area (Å²) in [5.41, 5.74) is 2.63. The number of carbonyl (C=O) groups is 1. The van der Waals surface area contributed by atoms with Gasteiger partial charge in [-0.25, -0.2) is 12.4 Å². The normalized spacial score (nSPS) is 12.9. The predicted molar refractivity (Wildman–Crippen MR) is 170 cm³/mol. The van der Waals surface area contributed by atoms with E-state index in [-0.39, 0.29) is 11.4 Å². The summed E-state index contributed by atoms with van der Waals surface area (Å²) in [7, 11) is -0.806. The Bertz CT molecular complexity index is 1820. The summed E-state index contributed by atoms with van der Waals surface area (Å²) in [5.74, 6) is 0.879. The first-order valence-corrected chi connectivity index (χ1v) is 15.6. The molecule has 0 bridgehead atoms. The van der Waals surface area contributed by atoms with Crippen LogP contribution in [0.2, 0.25) is 0 Å². The van der Waals surface area contributed by atoms with Gasteiger partial charge >= 0.3 is 0 Å². The second kappa shape index (κ2) is 13.8. The lowest BCUT2D eigenvalue weighted by Crippen LogP contribution is -2.48. The number of benzene rings is 4. The highest BCUT2D eigenvalue weighted by Gasteiger charge is 2.25. The van der Waals surface area contributed by atoms with Crippen molar-refractivity contribution in [3.05, 3.63) is 126 Å². The van der Waals surface area contributed by atoms with E-state index in [9.17, 15) is 18.3 Å². The Balaban J connectivity index is 1.36. The van der Waals surface area contributed by atoms with E-state index in [2.05, 4.69) is 10.6 Å². The van der Waals surface area contributed by atoms with Crippen molar-refractivity contribution in [3.8, 4) is 11.5 Å². The molecule has 4 aromatic carbocycles. The molecule has 0 fully saturated rings. The van der Waals surface area contributed by atoms with E-state index in [1.54, 1.807) is 43.5 Å². The Morgan fingerprint density at radius 3 is 2.27 bits per heavy atom. The third-order valence-electron chi connectivity index (χ3n) is 7.45. The first kappa shape index (κ1) is 30.8. The van der Waals surface area contributed by atoms with Crippen LogP contribution >= 0.6 is 0 Å². The molecule has 9 nitrogen and oxygen atoms in total. The summed E-state index contributed by atoms with van der Waals surface area (Å²) in [5, 5.41) is 18.0. The second-order valence-corrected chi connectivity index (χ2v) is 12.2. The topological polar surface area (TPSA) is 119 Å². The molecular weight excluding hydrogens is 578 g/mol. The van der Waals surface area contributed by atoms with Crippen LogP contribution < -0.4 is 20.1 Å². The number of ether oxygens (including phenoxy) is 2. The average molecular weight is 614 g/mol. The zero-order chi connectivity index (χ0) is 31.1. The van der Waals surface area contributed by atoms with E-state index in [0.29, 0.717) is 35.2 Å². The van der Waals surface area contributed by atoms with Crippen molar-refractivity contribution in [1.82, 2.24) is 14.6 Å². The van der Waals surface area contributed by atoms with E-state index in [1.165, 1.54) is 29.4 Å². The van der Waals surface area contributed by atoms with Crippen molar-refractivity contribution in [1.29, 1.82) is 0 Å². The standard InChI is InChI=1S/C34H35N3O6S/c1-42-26-14-16-28(17-15-26)44(40,41)37-19-18-29-30(12-7-13-32(29)37)34(39)36-31(21-24-8-4-3-5-9-24)33(38)23-35-22-25-10-6-11-27(20-25)43-2/h3-20,31,33,35,38H,21-23H2,1-2H3,(H,36,39)/t31-,33+/m0/s1. The van der Waals surface area contributed by atoms with Gasteiger partial charge in [0, 0.05) is 30.2 Å². The number of aliphatic hydroxyl groups is 1. The molecule has 0 unspecified atom stereocenters. The highest BCUT2D eigenvalue weighted by atomic mass is 32.2. The molecule has 1 heterocycles. The van der Waals surface area contributed by atoms with Gasteiger partial charge < -0.3 is 25.2 Å². The summed E-state index contributed by atoms with van der Waals surface area (Å²) < 4.78 is 38.6. The maximum absolute atomic E-state index is 13.7. The van der Waals surface area contributed by atoms with Crippen molar-refractivity contribution < 1.29 is 27.8 Å². The number of hydrogen-bond donors (Lipinski definition) is 3. The number of nitrogens with zero attached hydrogens (tertiary/aromatic N) is 1. The number of fused-ring (bicyclic) bond motifs is 1. The van der Waals surface area contributed by atoms with Crippen LogP contribution in [0.1, 0.15) is 21.5 Å². The van der Waals surface area contributed by atoms with Crippen LogP contribution in [0, 0.1) is 0 Å². The Labute approximate surface area is 257 Å². The minimum Gasteiger partial charge on any atom is -0.497 e. The molecule has 10 heteroatoms. The lowest BCUT2D eigenvalue weighted by molar-refractivity contribution is 0.0831. The minimum atomic E-state index is -3.93. The van der Waals surface area contributed by atoms with Crippen LogP contribution in [0.4, 0.5) is 0 Å². The molecule has 0 aliphatic rings. The van der Waals surface area contributed by atoms with E-state index in [4.69, 9.17) is 9.47 Å². The molecule has 44 heavy (non-hydrogen) atoms. The van der Waals surface area contributed by atoms with Crippen LogP contribution in [-0.4, -0.2) is 56.3 Å². The van der Waals surface area contributed by atoms with Crippen molar-refractivity contribution in [3.63, 3.8) is 0 Å². The summed E-state index contributed by atoms with van der Waals surface area (Å²) >= 11 is 0. The third-order valence-corrected chi connectivity index (χ3v) is 9.16. The molecule has 0 saturated heterocycles. The molecule has 0 radical (unpaired) electrons. The monoisotopic (exact) mass is 613 g/mol. The van der Waals surface area contributed by atoms with Gasteiger partial charge in [0.1, 0.15) is 11.5 Å². The zero-order valence-electron chi connectivity index (χ0n) is 24.5. The molecule has 2 atom stereocenters. The summed E-state index contributed by atoms with van der Waals surface area (Å²) in [4.78, 5) is 13.8. The van der Waals surface area contributed by atoms with Crippen molar-refractivity contribution in [2.45, 2.75) is 30.0 Å². The van der Waals surface area contributed by atoms with Crippen LogP contribution in [0.3, 0.4) is 0 Å². The maximum atomic E-state index is 13.7. The average Bonchev–Trinajstić information content (AvgIpc) is 3.50. The van der Waals surface area contributed by atoms with Gasteiger partial charge in [0.2, 0.25) is 0 Å². The lowest BCUT2D eigenvalue weighted by atomic mass is 10.00. The molecule has 5 aromatic rings. The number of methoxy groups -OCH3 is 2. The molecular formula is C34H35N3O6S. The fourth-order valence-electron chi connectivity index (χ4n) is 5.10. The Kier molecular flexibility index (Phi) is 9.64. The lowest BCUT2D eigenvalue weighted by Gasteiger charge is -2.25. The van der Waals surface area contributed by atoms with Gasteiger partial charge in [-0.05, 0) is 72.1 Å². The number of carbonyl (C=O) groups excluding carboxylic acids is 1. The third kappa shape index (κ3) is 6.94. The quantitative estimate of drug-likeness (QED) is 0.180. The van der Waals surface area contributed by atoms with E-state index in [1.807, 2.05) is 54.6 Å². The zero-order valence-corrected chi connectivity index (χ0v) is 25.3. The molecule has 1 amide bonds. The van der Waals surface area contributed by atoms with Crippen molar-refractivity contribution in [2.24, 2.45) is 0 Å². The Hall–Kier alpha value is -4.64. The summed E-state index contributed by atoms with van der Waals surface area (Å²) in [6, 6.07) is 29.4. The van der Waals surface area contributed by atoms with E-state index < -0.39 is 28.1 Å². The number of amides is 1. The summed E-state index contributed by atoms with van der Waals surface area (Å²) in [6.07, 6.45) is 0.932. The van der Waals surface area contributed by atoms with Gasteiger partial charge in [-0.2, -0.15) is 0 Å². The molecule has 0 aliphatic carbocycles. The van der Waals surface area contributed by atoms with E-state index >= 15 is 0 Å². The highest BCUT2D eigenvalue weighted by Crippen LogP contribution is 2.26. The number of rotatable bonds is 13. The summed E-state index contributed by atoms with van der Waals surface area (Å²) in [6.45, 7) is 0.741. The number of aliphatic hydroxyl groups excluding tert-OH is 1. The van der Waals surface area contributed by atoms with Gasteiger partial charge in [0.15, 0.2) is 0 Å². The van der Waals surface area contributed by atoms with Gasteiger partial charge in [-0.3, -0.25) is 4.79 Å². The van der Waals surface area contributed by atoms with Crippen LogP contribution in [0.25, 0.3) is 10.9 Å². The first-order valence-electron chi connectivity index (χ1n) is 14.2. The van der Waals surface area contributed by atoms with Gasteiger partial charge in [-0.1, -0.05) is 48.5 Å². The Morgan fingerprint density at radius 1 is 0.841 bits per heavy atom. The SMILES string of the molecule is COc1ccc(S(=O)(=O)n2ccc3c(C(=O)N[C@@H](Cc4ccccc4)[C@H](O)CNCc4cccc(OC)c4)cccc32)cc1. The molecule has 0 saturated carbocycles. The van der Waals surface area contributed by atoms with Gasteiger partial charge in [0.25, 0.3) is 15.9 Å². The predicted octanol–water partition coefficient (Wildman–Crippen LogP) is 4.39. The van der Waals surface area contributed by atoms with Crippen molar-refractivity contribution in [2.75, 3.05) is 20.8 Å². The largest absolute Gasteiger partial charge is 0.497 e.